The van der Waals surface area contributed by atoms with Crippen LogP contribution >= 0.6 is 22.6 Å². The lowest BCUT2D eigenvalue weighted by Gasteiger charge is -2.03. The molecule has 0 aliphatic heterocycles. The van der Waals surface area contributed by atoms with E-state index in [0.717, 1.165) is 11.1 Å². The second-order valence-corrected chi connectivity index (χ2v) is 4.64. The van der Waals surface area contributed by atoms with Crippen LogP contribution < -0.4 is 0 Å². The highest BCUT2D eigenvalue weighted by atomic mass is 127. The molecule has 76 valence electrons. The predicted molar refractivity (Wildman–Crippen MR) is 68.4 cm³/mol. The van der Waals surface area contributed by atoms with E-state index in [4.69, 9.17) is 0 Å². The molecule has 2 aromatic carbocycles. The van der Waals surface area contributed by atoms with Crippen LogP contribution in [0.3, 0.4) is 0 Å². The number of halogens is 2. The molecule has 0 aliphatic carbocycles. The Balaban J connectivity index is 2.22. The highest BCUT2D eigenvalue weighted by Gasteiger charge is 2.01. The first-order valence-electron chi connectivity index (χ1n) is 4.73. The minimum Gasteiger partial charge on any atom is -0.207 e. The number of hydrogen-bond donors (Lipinski definition) is 0. The van der Waals surface area contributed by atoms with Crippen molar-refractivity contribution in [2.75, 3.05) is 0 Å². The van der Waals surface area contributed by atoms with E-state index in [-0.39, 0.29) is 5.82 Å². The van der Waals surface area contributed by atoms with Gasteiger partial charge in [-0.15, -0.1) is 0 Å². The van der Waals surface area contributed by atoms with Gasteiger partial charge in [0.25, 0.3) is 0 Å². The molecular weight excluding hydrogens is 302 g/mol. The van der Waals surface area contributed by atoms with Crippen LogP contribution in [0.5, 0.6) is 0 Å². The molecule has 0 unspecified atom stereocenters. The van der Waals surface area contributed by atoms with Gasteiger partial charge >= 0.3 is 0 Å². The van der Waals surface area contributed by atoms with Crippen LogP contribution in [0.2, 0.25) is 0 Å². The molecule has 2 aromatic rings. The van der Waals surface area contributed by atoms with Gasteiger partial charge in [0.05, 0.1) is 0 Å². The summed E-state index contributed by atoms with van der Waals surface area (Å²) in [6.07, 6.45) is 0.656. The summed E-state index contributed by atoms with van der Waals surface area (Å²) in [7, 11) is 0. The molecule has 0 saturated heterocycles. The molecule has 0 saturated carbocycles. The first-order chi connectivity index (χ1) is 7.25. The Morgan fingerprint density at radius 2 is 1.60 bits per heavy atom. The maximum absolute atomic E-state index is 13.4. The maximum atomic E-state index is 13.4. The summed E-state index contributed by atoms with van der Waals surface area (Å²) in [4.78, 5) is 0. The lowest BCUT2D eigenvalue weighted by Crippen LogP contribution is -1.91. The summed E-state index contributed by atoms with van der Waals surface area (Å²) in [6, 6.07) is 15.1. The summed E-state index contributed by atoms with van der Waals surface area (Å²) in [5.74, 6) is -0.129. The first kappa shape index (κ1) is 10.6. The van der Waals surface area contributed by atoms with E-state index in [9.17, 15) is 4.39 Å². The molecule has 0 amide bonds. The number of rotatable bonds is 2. The third kappa shape index (κ3) is 2.78. The maximum Gasteiger partial charge on any atom is 0.126 e. The molecule has 0 bridgehead atoms. The molecule has 0 heterocycles. The summed E-state index contributed by atoms with van der Waals surface area (Å²) in [5, 5.41) is 0. The second-order valence-electron chi connectivity index (χ2n) is 3.39. The van der Waals surface area contributed by atoms with Crippen LogP contribution in [0.25, 0.3) is 0 Å². The molecule has 0 radical (unpaired) electrons. The summed E-state index contributed by atoms with van der Waals surface area (Å²) >= 11 is 2.26. The zero-order valence-electron chi connectivity index (χ0n) is 8.08. The van der Waals surface area contributed by atoms with Crippen LogP contribution in [-0.2, 0) is 6.42 Å². The van der Waals surface area contributed by atoms with Crippen LogP contribution in [-0.4, -0.2) is 0 Å². The van der Waals surface area contributed by atoms with Gasteiger partial charge in [0, 0.05) is 9.99 Å². The van der Waals surface area contributed by atoms with Crippen molar-refractivity contribution < 1.29 is 4.39 Å². The lowest BCUT2D eigenvalue weighted by molar-refractivity contribution is 0.614. The van der Waals surface area contributed by atoms with E-state index in [1.54, 1.807) is 6.07 Å². The van der Waals surface area contributed by atoms with E-state index >= 15 is 0 Å². The Labute approximate surface area is 102 Å². The zero-order chi connectivity index (χ0) is 10.7. The van der Waals surface area contributed by atoms with Crippen LogP contribution in [0.15, 0.2) is 48.5 Å². The van der Waals surface area contributed by atoms with Crippen molar-refractivity contribution >= 4 is 22.6 Å². The van der Waals surface area contributed by atoms with E-state index in [1.165, 1.54) is 9.64 Å². The Bertz CT molecular complexity index is 448. The summed E-state index contributed by atoms with van der Waals surface area (Å²) < 4.78 is 14.6. The fourth-order valence-electron chi connectivity index (χ4n) is 1.46. The molecule has 0 fully saturated rings. The van der Waals surface area contributed by atoms with Gasteiger partial charge in [0.2, 0.25) is 0 Å². The molecule has 0 aromatic heterocycles. The van der Waals surface area contributed by atoms with Gasteiger partial charge in [0.1, 0.15) is 5.82 Å². The van der Waals surface area contributed by atoms with Crippen molar-refractivity contribution in [3.05, 3.63) is 69.0 Å². The van der Waals surface area contributed by atoms with Crippen molar-refractivity contribution in [3.8, 4) is 0 Å². The molecule has 2 rings (SSSR count). The van der Waals surface area contributed by atoms with Crippen molar-refractivity contribution in [2.24, 2.45) is 0 Å². The molecular formula is C13H10FI. The van der Waals surface area contributed by atoms with Gasteiger partial charge in [-0.05, 0) is 51.9 Å². The van der Waals surface area contributed by atoms with Crippen LogP contribution in [0, 0.1) is 9.39 Å². The number of benzene rings is 2. The first-order valence-corrected chi connectivity index (χ1v) is 5.81. The molecule has 2 heteroatoms. The SMILES string of the molecule is Fc1ccccc1Cc1ccc(I)cc1. The second kappa shape index (κ2) is 4.75. The largest absolute Gasteiger partial charge is 0.207 e. The van der Waals surface area contributed by atoms with Crippen LogP contribution in [0.1, 0.15) is 11.1 Å². The smallest absolute Gasteiger partial charge is 0.126 e. The Morgan fingerprint density at radius 1 is 0.933 bits per heavy atom. The van der Waals surface area contributed by atoms with Crippen molar-refractivity contribution in [1.29, 1.82) is 0 Å². The van der Waals surface area contributed by atoms with E-state index < -0.39 is 0 Å². The minimum absolute atomic E-state index is 0.129. The molecule has 0 N–H and O–H groups in total. The molecule has 0 atom stereocenters. The summed E-state index contributed by atoms with van der Waals surface area (Å²) in [6.45, 7) is 0. The third-order valence-electron chi connectivity index (χ3n) is 2.27. The van der Waals surface area contributed by atoms with Gasteiger partial charge in [-0.25, -0.2) is 4.39 Å². The van der Waals surface area contributed by atoms with Gasteiger partial charge in [-0.1, -0.05) is 30.3 Å². The van der Waals surface area contributed by atoms with Gasteiger partial charge in [-0.2, -0.15) is 0 Å². The average molecular weight is 312 g/mol. The molecule has 0 nitrogen and oxygen atoms in total. The fourth-order valence-corrected chi connectivity index (χ4v) is 1.82. The Kier molecular flexibility index (Phi) is 3.36. The zero-order valence-corrected chi connectivity index (χ0v) is 10.2. The van der Waals surface area contributed by atoms with Crippen LogP contribution in [0.4, 0.5) is 4.39 Å². The summed E-state index contributed by atoms with van der Waals surface area (Å²) in [5.41, 5.74) is 1.89. The van der Waals surface area contributed by atoms with Crippen molar-refractivity contribution in [2.45, 2.75) is 6.42 Å². The lowest BCUT2D eigenvalue weighted by atomic mass is 10.0. The Hall–Kier alpha value is -0.900. The monoisotopic (exact) mass is 312 g/mol. The number of hydrogen-bond acceptors (Lipinski definition) is 0. The van der Waals surface area contributed by atoms with E-state index in [0.29, 0.717) is 6.42 Å². The van der Waals surface area contributed by atoms with Gasteiger partial charge in [-0.3, -0.25) is 0 Å². The average Bonchev–Trinajstić information content (AvgIpc) is 2.25. The minimum atomic E-state index is -0.129. The highest BCUT2D eigenvalue weighted by Crippen LogP contribution is 2.14. The topological polar surface area (TPSA) is 0 Å². The van der Waals surface area contributed by atoms with E-state index in [2.05, 4.69) is 22.6 Å². The molecule has 0 spiro atoms. The molecule has 0 aliphatic rings. The van der Waals surface area contributed by atoms with Crippen molar-refractivity contribution in [3.63, 3.8) is 0 Å². The highest BCUT2D eigenvalue weighted by molar-refractivity contribution is 14.1. The molecule has 15 heavy (non-hydrogen) atoms. The van der Waals surface area contributed by atoms with Gasteiger partial charge < -0.3 is 0 Å². The predicted octanol–water partition coefficient (Wildman–Crippen LogP) is 4.02. The fraction of sp³-hybridized carbons (Fsp3) is 0.0769. The quantitative estimate of drug-likeness (QED) is 0.735. The van der Waals surface area contributed by atoms with E-state index in [1.807, 2.05) is 36.4 Å². The van der Waals surface area contributed by atoms with Gasteiger partial charge in [0.15, 0.2) is 0 Å². The van der Waals surface area contributed by atoms with Crippen molar-refractivity contribution in [1.82, 2.24) is 0 Å². The third-order valence-corrected chi connectivity index (χ3v) is 2.98. The Morgan fingerprint density at radius 3 is 2.27 bits per heavy atom. The normalized spacial score (nSPS) is 10.3. The standard InChI is InChI=1S/C13H10FI/c14-13-4-2-1-3-11(13)9-10-5-7-12(15)8-6-10/h1-8H,9H2.